The number of rotatable bonds is 8. The molecule has 0 fully saturated rings. The van der Waals surface area contributed by atoms with E-state index in [9.17, 15) is 26.3 Å². The Labute approximate surface area is 370 Å². The SMILES string of the molecule is Cc1cc(-c2ccc(-c3ccc(Cc4ccc(-c5ccc(-c6cc(I)c(OC(F)(F)F)c(I)c6)c(I)c5)cc4)cc3)cc2I)cc(I)c1OC(F)(F)F. The maximum atomic E-state index is 12.9. The number of alkyl halides is 6. The van der Waals surface area contributed by atoms with Gasteiger partial charge in [-0.1, -0.05) is 72.8 Å². The second-order valence-corrected chi connectivity index (χ2v) is 17.7. The molecule has 53 heavy (non-hydrogen) atoms. The molecule has 0 radical (unpaired) electrons. The highest BCUT2D eigenvalue weighted by molar-refractivity contribution is 14.1. The topological polar surface area (TPSA) is 18.5 Å². The molecule has 0 saturated carbocycles. The van der Waals surface area contributed by atoms with Gasteiger partial charge < -0.3 is 9.47 Å². The van der Waals surface area contributed by atoms with Crippen molar-refractivity contribution in [3.05, 3.63) is 144 Å². The lowest BCUT2D eigenvalue weighted by Gasteiger charge is -2.16. The van der Waals surface area contributed by atoms with Gasteiger partial charge in [0.25, 0.3) is 0 Å². The van der Waals surface area contributed by atoms with Crippen molar-refractivity contribution in [3.8, 4) is 56.0 Å². The van der Waals surface area contributed by atoms with Crippen LogP contribution in [0.15, 0.2) is 109 Å². The normalized spacial score (nSPS) is 11.8. The number of hydrogen-bond donors (Lipinski definition) is 0. The Morgan fingerprint density at radius 3 is 1.13 bits per heavy atom. The van der Waals surface area contributed by atoms with E-state index in [1.54, 1.807) is 31.2 Å². The number of halogens is 11. The molecule has 0 aromatic heterocycles. The molecule has 0 saturated heterocycles. The number of benzene rings is 6. The van der Waals surface area contributed by atoms with Crippen molar-refractivity contribution in [3.63, 3.8) is 0 Å². The fourth-order valence-electron chi connectivity index (χ4n) is 5.78. The van der Waals surface area contributed by atoms with E-state index in [4.69, 9.17) is 0 Å². The minimum Gasteiger partial charge on any atom is -0.404 e. The molecule has 0 aliphatic carbocycles. The van der Waals surface area contributed by atoms with Crippen LogP contribution in [0.4, 0.5) is 26.3 Å². The molecule has 0 heterocycles. The van der Waals surface area contributed by atoms with Gasteiger partial charge in [0, 0.05) is 7.14 Å². The van der Waals surface area contributed by atoms with Crippen LogP contribution in [0.5, 0.6) is 11.5 Å². The van der Waals surface area contributed by atoms with E-state index in [1.165, 1.54) is 0 Å². The second kappa shape index (κ2) is 16.7. The van der Waals surface area contributed by atoms with Crippen molar-refractivity contribution in [1.82, 2.24) is 0 Å². The fourth-order valence-corrected chi connectivity index (χ4v) is 10.3. The van der Waals surface area contributed by atoms with Crippen molar-refractivity contribution in [2.24, 2.45) is 0 Å². The smallest absolute Gasteiger partial charge is 0.404 e. The summed E-state index contributed by atoms with van der Waals surface area (Å²) >= 11 is 10.1. The van der Waals surface area contributed by atoms with Gasteiger partial charge in [-0.05, 0) is 224 Å². The lowest BCUT2D eigenvalue weighted by molar-refractivity contribution is -0.276. The molecule has 0 bridgehead atoms. The highest BCUT2D eigenvalue weighted by atomic mass is 127. The van der Waals surface area contributed by atoms with Crippen LogP contribution in [0.3, 0.4) is 0 Å². The zero-order valence-corrected chi connectivity index (χ0v) is 37.9. The molecule has 272 valence electrons. The summed E-state index contributed by atoms with van der Waals surface area (Å²) in [5.74, 6) is -0.365. The highest BCUT2D eigenvalue weighted by Gasteiger charge is 2.34. The van der Waals surface area contributed by atoms with E-state index in [0.29, 0.717) is 16.3 Å². The molecule has 0 atom stereocenters. The molecule has 6 aromatic carbocycles. The van der Waals surface area contributed by atoms with Gasteiger partial charge in [-0.2, -0.15) is 0 Å². The van der Waals surface area contributed by atoms with Crippen molar-refractivity contribution >= 4 is 113 Å². The van der Waals surface area contributed by atoms with E-state index >= 15 is 0 Å². The van der Waals surface area contributed by atoms with Crippen LogP contribution in [0.2, 0.25) is 0 Å². The van der Waals surface area contributed by atoms with Crippen molar-refractivity contribution in [2.45, 2.75) is 26.1 Å². The fraction of sp³-hybridized carbons (Fsp3) is 0.100. The Bertz CT molecular complexity index is 2100. The summed E-state index contributed by atoms with van der Waals surface area (Å²) in [6.07, 6.45) is -8.75. The maximum Gasteiger partial charge on any atom is 0.573 e. The summed E-state index contributed by atoms with van der Waals surface area (Å²) < 4.78 is 88.8. The standard InChI is InChI=1S/C40H23F6I5O2/c1-21-14-28(18-34(49)37(21)52-39(41,42)43)30-12-10-26(16-32(30)47)24-6-2-22(3-7-24)15-23-4-8-25(9-5-23)27-11-13-31(33(48)17-27)29-19-35(50)38(36(51)20-29)53-40(44,45)46/h2-14,16-20H,15H2,1H3. The molecule has 13 heteroatoms. The molecule has 0 aliphatic rings. The van der Waals surface area contributed by atoms with Gasteiger partial charge in [0.2, 0.25) is 0 Å². The average Bonchev–Trinajstić information content (AvgIpc) is 3.07. The zero-order valence-electron chi connectivity index (χ0n) is 27.1. The first-order chi connectivity index (χ1) is 24.9. The first-order valence-corrected chi connectivity index (χ1v) is 20.9. The predicted octanol–water partition coefficient (Wildman–Crippen LogP) is 15.1. The van der Waals surface area contributed by atoms with Gasteiger partial charge in [-0.3, -0.25) is 0 Å². The van der Waals surface area contributed by atoms with E-state index in [-0.39, 0.29) is 11.5 Å². The second-order valence-electron chi connectivity index (χ2n) is 11.9. The number of ether oxygens (including phenoxy) is 2. The van der Waals surface area contributed by atoms with Crippen LogP contribution in [0, 0.1) is 24.8 Å². The Morgan fingerprint density at radius 2 is 0.755 bits per heavy atom. The van der Waals surface area contributed by atoms with Crippen LogP contribution < -0.4 is 9.47 Å². The molecule has 6 rings (SSSR count). The molecule has 0 spiro atoms. The minimum absolute atomic E-state index is 0.176. The third-order valence-corrected chi connectivity index (χ3v) is 12.4. The third-order valence-electron chi connectivity index (χ3n) is 8.21. The Hall–Kier alpha value is -1.85. The number of hydrogen-bond acceptors (Lipinski definition) is 2. The summed E-state index contributed by atoms with van der Waals surface area (Å²) in [7, 11) is 0. The van der Waals surface area contributed by atoms with Crippen LogP contribution in [0.1, 0.15) is 16.7 Å². The quantitative estimate of drug-likeness (QED) is 0.112. The zero-order chi connectivity index (χ0) is 38.2. The van der Waals surface area contributed by atoms with E-state index < -0.39 is 12.7 Å². The van der Waals surface area contributed by atoms with Crippen LogP contribution in [0.25, 0.3) is 44.5 Å². The van der Waals surface area contributed by atoms with E-state index in [1.807, 2.05) is 92.0 Å². The molecule has 2 nitrogen and oxygen atoms in total. The van der Waals surface area contributed by atoms with E-state index in [0.717, 1.165) is 69.2 Å². The monoisotopic (exact) mass is 1280 g/mol. The van der Waals surface area contributed by atoms with Gasteiger partial charge in [0.15, 0.2) is 5.75 Å². The lowest BCUT2D eigenvalue weighted by Crippen LogP contribution is -2.18. The predicted molar refractivity (Wildman–Crippen MR) is 239 cm³/mol. The summed E-state index contributed by atoms with van der Waals surface area (Å²) in [6, 6.07) is 35.8. The van der Waals surface area contributed by atoms with Gasteiger partial charge in [-0.15, -0.1) is 26.3 Å². The molecule has 0 N–H and O–H groups in total. The van der Waals surface area contributed by atoms with Gasteiger partial charge in [-0.25, -0.2) is 0 Å². The first kappa shape index (κ1) is 40.8. The Balaban J connectivity index is 1.12. The summed E-state index contributed by atoms with van der Waals surface area (Å²) in [4.78, 5) is 0. The van der Waals surface area contributed by atoms with Crippen LogP contribution in [-0.2, 0) is 6.42 Å². The van der Waals surface area contributed by atoms with Crippen molar-refractivity contribution in [2.75, 3.05) is 0 Å². The Kier molecular flexibility index (Phi) is 12.9. The third kappa shape index (κ3) is 10.3. The van der Waals surface area contributed by atoms with Crippen molar-refractivity contribution < 1.29 is 35.8 Å². The average molecular weight is 1280 g/mol. The minimum atomic E-state index is -4.76. The van der Waals surface area contributed by atoms with Gasteiger partial charge in [0.1, 0.15) is 5.75 Å². The summed E-state index contributed by atoms with van der Waals surface area (Å²) in [5.41, 5.74) is 10.4. The van der Waals surface area contributed by atoms with Crippen LogP contribution in [-0.4, -0.2) is 12.7 Å². The lowest BCUT2D eigenvalue weighted by atomic mass is 9.96. The van der Waals surface area contributed by atoms with Gasteiger partial charge >= 0.3 is 12.7 Å². The van der Waals surface area contributed by atoms with Crippen molar-refractivity contribution in [1.29, 1.82) is 0 Å². The van der Waals surface area contributed by atoms with E-state index in [2.05, 4.69) is 115 Å². The molecule has 6 aromatic rings. The highest BCUT2D eigenvalue weighted by Crippen LogP contribution is 2.40. The van der Waals surface area contributed by atoms with Gasteiger partial charge in [0.05, 0.1) is 10.7 Å². The molecule has 0 amide bonds. The summed E-state index contributed by atoms with van der Waals surface area (Å²) in [5, 5.41) is 0. The maximum absolute atomic E-state index is 12.9. The molecular weight excluding hydrogens is 1260 g/mol. The summed E-state index contributed by atoms with van der Waals surface area (Å²) in [6.45, 7) is 1.61. The molecular formula is C40H23F6I5O2. The molecule has 0 aliphatic heterocycles. The largest absolute Gasteiger partial charge is 0.573 e. The first-order valence-electron chi connectivity index (χ1n) is 15.5. The van der Waals surface area contributed by atoms with Crippen LogP contribution >= 0.6 is 113 Å². The Morgan fingerprint density at radius 1 is 0.415 bits per heavy atom. The molecule has 0 unspecified atom stereocenters. The number of aryl methyl sites for hydroxylation is 1.